The van der Waals surface area contributed by atoms with Gasteiger partial charge in [0.25, 0.3) is 0 Å². The fourth-order valence-corrected chi connectivity index (χ4v) is 3.08. The van der Waals surface area contributed by atoms with Crippen molar-refractivity contribution < 1.29 is 9.84 Å². The van der Waals surface area contributed by atoms with E-state index in [1.54, 1.807) is 13.2 Å². The molecule has 2 aromatic rings. The van der Waals surface area contributed by atoms with Gasteiger partial charge in [-0.05, 0) is 31.4 Å². The number of anilines is 1. The van der Waals surface area contributed by atoms with Crippen molar-refractivity contribution in [1.29, 1.82) is 0 Å². The van der Waals surface area contributed by atoms with Crippen molar-refractivity contribution >= 4 is 16.7 Å². The van der Waals surface area contributed by atoms with Gasteiger partial charge in [0, 0.05) is 30.6 Å². The molecule has 21 heavy (non-hydrogen) atoms. The molecule has 2 heterocycles. The maximum absolute atomic E-state index is 10.2. The minimum Gasteiger partial charge on any atom is -0.507 e. The number of phenolic OH excluding ortho intramolecular Hbond substituents is 1. The maximum Gasteiger partial charge on any atom is 0.129 e. The van der Waals surface area contributed by atoms with Gasteiger partial charge in [-0.25, -0.2) is 4.98 Å². The summed E-state index contributed by atoms with van der Waals surface area (Å²) < 4.78 is 5.23. The van der Waals surface area contributed by atoms with Gasteiger partial charge in [0.05, 0.1) is 12.6 Å². The van der Waals surface area contributed by atoms with Gasteiger partial charge in [-0.2, -0.15) is 0 Å². The molecule has 1 aromatic heterocycles. The van der Waals surface area contributed by atoms with E-state index < -0.39 is 0 Å². The summed E-state index contributed by atoms with van der Waals surface area (Å²) in [6, 6.07) is 5.62. The monoisotopic (exact) mass is 286 g/mol. The minimum absolute atomic E-state index is 0.233. The summed E-state index contributed by atoms with van der Waals surface area (Å²) in [7, 11) is 1.60. The smallest absolute Gasteiger partial charge is 0.129 e. The van der Waals surface area contributed by atoms with Crippen LogP contribution in [-0.4, -0.2) is 30.3 Å². The Balaban J connectivity index is 2.08. The van der Waals surface area contributed by atoms with Crippen LogP contribution < -0.4 is 9.64 Å². The van der Waals surface area contributed by atoms with E-state index in [1.165, 1.54) is 25.7 Å². The second-order valence-electron chi connectivity index (χ2n) is 5.74. The first-order valence-electron chi connectivity index (χ1n) is 7.62. The Morgan fingerprint density at radius 3 is 2.48 bits per heavy atom. The maximum atomic E-state index is 10.2. The summed E-state index contributed by atoms with van der Waals surface area (Å²) in [6.45, 7) is 4.15. The van der Waals surface area contributed by atoms with E-state index in [-0.39, 0.29) is 5.75 Å². The molecule has 1 aromatic carbocycles. The Hall–Kier alpha value is -1.97. The number of aromatic nitrogens is 1. The average molecular weight is 286 g/mol. The fraction of sp³-hybridized carbons (Fsp3) is 0.471. The predicted octanol–water partition coefficient (Wildman–Crippen LogP) is 3.64. The number of hydrogen-bond acceptors (Lipinski definition) is 4. The van der Waals surface area contributed by atoms with Crippen LogP contribution in [0.1, 0.15) is 31.2 Å². The molecule has 1 N–H and O–H groups in total. The fourth-order valence-electron chi connectivity index (χ4n) is 3.08. The van der Waals surface area contributed by atoms with Crippen LogP contribution in [0.25, 0.3) is 10.9 Å². The lowest BCUT2D eigenvalue weighted by Gasteiger charge is -2.22. The summed E-state index contributed by atoms with van der Waals surface area (Å²) in [5.41, 5.74) is 1.85. The minimum atomic E-state index is 0.233. The molecular formula is C17H22N2O2. The van der Waals surface area contributed by atoms with Crippen LogP contribution in [0.2, 0.25) is 0 Å². The molecule has 0 aliphatic carbocycles. The summed E-state index contributed by atoms with van der Waals surface area (Å²) in [6.07, 6.45) is 5.06. The number of pyridine rings is 1. The molecule has 3 rings (SSSR count). The number of ether oxygens (including phenoxy) is 1. The van der Waals surface area contributed by atoms with Crippen LogP contribution in [0.3, 0.4) is 0 Å². The SMILES string of the molecule is COc1cc(O)c2c(C)cc(N3CCCCCC3)nc2c1. The largest absolute Gasteiger partial charge is 0.507 e. The Bertz CT molecular complexity index is 647. The normalized spacial score (nSPS) is 16.0. The van der Waals surface area contributed by atoms with Gasteiger partial charge in [-0.15, -0.1) is 0 Å². The molecule has 0 radical (unpaired) electrons. The molecule has 4 heteroatoms. The van der Waals surface area contributed by atoms with Crippen molar-refractivity contribution in [3.05, 3.63) is 23.8 Å². The van der Waals surface area contributed by atoms with Crippen molar-refractivity contribution in [2.24, 2.45) is 0 Å². The molecule has 0 atom stereocenters. The number of aromatic hydroxyl groups is 1. The van der Waals surface area contributed by atoms with E-state index in [9.17, 15) is 5.11 Å². The lowest BCUT2D eigenvalue weighted by molar-refractivity contribution is 0.409. The van der Waals surface area contributed by atoms with E-state index in [1.807, 2.05) is 13.0 Å². The van der Waals surface area contributed by atoms with Gasteiger partial charge in [-0.1, -0.05) is 12.8 Å². The molecule has 0 unspecified atom stereocenters. The lowest BCUT2D eigenvalue weighted by Crippen LogP contribution is -2.24. The quantitative estimate of drug-likeness (QED) is 0.915. The van der Waals surface area contributed by atoms with Crippen molar-refractivity contribution in [2.45, 2.75) is 32.6 Å². The number of benzene rings is 1. The van der Waals surface area contributed by atoms with E-state index >= 15 is 0 Å². The Morgan fingerprint density at radius 2 is 1.81 bits per heavy atom. The highest BCUT2D eigenvalue weighted by Crippen LogP contribution is 2.33. The van der Waals surface area contributed by atoms with E-state index in [0.717, 1.165) is 35.4 Å². The number of rotatable bonds is 2. The molecule has 1 aliphatic rings. The van der Waals surface area contributed by atoms with Crippen molar-refractivity contribution in [3.8, 4) is 11.5 Å². The molecule has 112 valence electrons. The van der Waals surface area contributed by atoms with Gasteiger partial charge in [0.1, 0.15) is 17.3 Å². The number of nitrogens with zero attached hydrogens (tertiary/aromatic N) is 2. The zero-order valence-corrected chi connectivity index (χ0v) is 12.7. The van der Waals surface area contributed by atoms with Gasteiger partial charge < -0.3 is 14.7 Å². The Labute approximate surface area is 125 Å². The molecule has 0 spiro atoms. The Kier molecular flexibility index (Phi) is 3.86. The van der Waals surface area contributed by atoms with Crippen molar-refractivity contribution in [1.82, 2.24) is 4.98 Å². The summed E-state index contributed by atoms with van der Waals surface area (Å²) in [5, 5.41) is 11.0. The first-order chi connectivity index (χ1) is 10.2. The highest BCUT2D eigenvalue weighted by Gasteiger charge is 2.15. The van der Waals surface area contributed by atoms with E-state index in [2.05, 4.69) is 11.0 Å². The first kappa shape index (κ1) is 14.0. The number of methoxy groups -OCH3 is 1. The molecule has 4 nitrogen and oxygen atoms in total. The summed E-state index contributed by atoms with van der Waals surface area (Å²) in [4.78, 5) is 7.11. The van der Waals surface area contributed by atoms with Crippen LogP contribution in [0.4, 0.5) is 5.82 Å². The molecule has 0 saturated carbocycles. The van der Waals surface area contributed by atoms with Gasteiger partial charge in [0.2, 0.25) is 0 Å². The molecule has 0 amide bonds. The molecular weight excluding hydrogens is 264 g/mol. The van der Waals surface area contributed by atoms with Gasteiger partial charge in [-0.3, -0.25) is 0 Å². The van der Waals surface area contributed by atoms with Crippen LogP contribution in [0, 0.1) is 6.92 Å². The predicted molar refractivity (Wildman–Crippen MR) is 85.4 cm³/mol. The van der Waals surface area contributed by atoms with Crippen LogP contribution in [0.15, 0.2) is 18.2 Å². The first-order valence-corrected chi connectivity index (χ1v) is 7.62. The highest BCUT2D eigenvalue weighted by molar-refractivity contribution is 5.90. The van der Waals surface area contributed by atoms with Crippen molar-refractivity contribution in [2.75, 3.05) is 25.1 Å². The van der Waals surface area contributed by atoms with E-state index in [0.29, 0.717) is 5.75 Å². The third kappa shape index (κ3) is 2.75. The average Bonchev–Trinajstić information content (AvgIpc) is 2.75. The Morgan fingerprint density at radius 1 is 1.10 bits per heavy atom. The third-order valence-corrected chi connectivity index (χ3v) is 4.21. The number of aryl methyl sites for hydroxylation is 1. The molecule has 1 aliphatic heterocycles. The van der Waals surface area contributed by atoms with Gasteiger partial charge in [0.15, 0.2) is 0 Å². The number of fused-ring (bicyclic) bond motifs is 1. The highest BCUT2D eigenvalue weighted by atomic mass is 16.5. The van der Waals surface area contributed by atoms with Crippen molar-refractivity contribution in [3.63, 3.8) is 0 Å². The zero-order chi connectivity index (χ0) is 14.8. The van der Waals surface area contributed by atoms with E-state index in [4.69, 9.17) is 9.72 Å². The third-order valence-electron chi connectivity index (χ3n) is 4.21. The van der Waals surface area contributed by atoms with Gasteiger partial charge >= 0.3 is 0 Å². The lowest BCUT2D eigenvalue weighted by atomic mass is 10.1. The molecule has 1 saturated heterocycles. The standard InChI is InChI=1S/C17H22N2O2/c1-12-9-16(19-7-5-3-4-6-8-19)18-14-10-13(21-2)11-15(20)17(12)14/h9-11,20H,3-8H2,1-2H3. The number of hydrogen-bond donors (Lipinski definition) is 1. The second-order valence-corrected chi connectivity index (χ2v) is 5.74. The molecule has 0 bridgehead atoms. The summed E-state index contributed by atoms with van der Waals surface area (Å²) >= 11 is 0. The second kappa shape index (κ2) is 5.80. The van der Waals surface area contributed by atoms with Crippen LogP contribution in [0.5, 0.6) is 11.5 Å². The topological polar surface area (TPSA) is 45.6 Å². The van der Waals surface area contributed by atoms with Crippen LogP contribution >= 0.6 is 0 Å². The summed E-state index contributed by atoms with van der Waals surface area (Å²) in [5.74, 6) is 1.88. The zero-order valence-electron chi connectivity index (χ0n) is 12.7. The van der Waals surface area contributed by atoms with Crippen LogP contribution in [-0.2, 0) is 0 Å². The number of phenols is 1. The molecule has 1 fully saturated rings.